The van der Waals surface area contributed by atoms with Gasteiger partial charge in [0, 0.05) is 0 Å². The first-order valence-corrected chi connectivity index (χ1v) is 5.84. The predicted molar refractivity (Wildman–Crippen MR) is 62.6 cm³/mol. The van der Waals surface area contributed by atoms with Gasteiger partial charge in [-0.15, -0.1) is 11.3 Å². The van der Waals surface area contributed by atoms with Crippen LogP contribution in [0.5, 0.6) is 0 Å². The van der Waals surface area contributed by atoms with Crippen molar-refractivity contribution in [3.05, 3.63) is 21.9 Å². The second-order valence-corrected chi connectivity index (χ2v) is 4.44. The van der Waals surface area contributed by atoms with Gasteiger partial charge in [-0.1, -0.05) is 5.16 Å². The number of carbonyl (C=O) groups is 1. The number of fused-ring (bicyclic) bond motifs is 1. The van der Waals surface area contributed by atoms with Crippen molar-refractivity contribution in [2.45, 2.75) is 18.9 Å². The Labute approximate surface area is 97.3 Å². The zero-order valence-electron chi connectivity index (χ0n) is 8.90. The third kappa shape index (κ3) is 2.01. The van der Waals surface area contributed by atoms with Gasteiger partial charge < -0.3 is 15.9 Å². The zero-order valence-corrected chi connectivity index (χ0v) is 9.71. The van der Waals surface area contributed by atoms with E-state index in [2.05, 4.69) is 10.5 Å². The maximum absolute atomic E-state index is 10.9. The number of carbonyl (C=O) groups excluding carboxylic acids is 1. The lowest BCUT2D eigenvalue weighted by molar-refractivity contribution is 0.212. The summed E-state index contributed by atoms with van der Waals surface area (Å²) in [5.74, 6) is 0. The van der Waals surface area contributed by atoms with E-state index in [1.807, 2.05) is 11.4 Å². The molecule has 0 bridgehead atoms. The summed E-state index contributed by atoms with van der Waals surface area (Å²) in [6.07, 6.45) is 1.58. The van der Waals surface area contributed by atoms with E-state index in [1.165, 1.54) is 7.11 Å². The van der Waals surface area contributed by atoms with E-state index in [9.17, 15) is 4.79 Å². The number of hydrogen-bond acceptors (Lipinski definition) is 4. The van der Waals surface area contributed by atoms with E-state index in [4.69, 9.17) is 10.6 Å². The molecule has 0 spiro atoms. The number of primary amides is 1. The fraction of sp³-hybridized carbons (Fsp3) is 0.400. The first-order valence-electron chi connectivity index (χ1n) is 4.96. The number of thiophene rings is 1. The molecule has 0 aliphatic heterocycles. The molecule has 16 heavy (non-hydrogen) atoms. The quantitative estimate of drug-likeness (QED) is 0.769. The number of amides is 2. The third-order valence-electron chi connectivity index (χ3n) is 2.52. The molecule has 0 aromatic carbocycles. The normalized spacial score (nSPS) is 21.6. The summed E-state index contributed by atoms with van der Waals surface area (Å²) >= 11 is 1.60. The lowest BCUT2D eigenvalue weighted by atomic mass is 9.93. The highest BCUT2D eigenvalue weighted by Gasteiger charge is 2.26. The van der Waals surface area contributed by atoms with Gasteiger partial charge in [0.1, 0.15) is 7.11 Å². The summed E-state index contributed by atoms with van der Waals surface area (Å²) in [7, 11) is 1.54. The summed E-state index contributed by atoms with van der Waals surface area (Å²) in [6, 6.07) is 1.49. The minimum absolute atomic E-state index is 0.00504. The average molecular weight is 239 g/mol. The molecule has 6 heteroatoms. The van der Waals surface area contributed by atoms with Gasteiger partial charge in [0.15, 0.2) is 0 Å². The molecule has 2 rings (SSSR count). The summed E-state index contributed by atoms with van der Waals surface area (Å²) < 4.78 is 0. The molecule has 3 N–H and O–H groups in total. The van der Waals surface area contributed by atoms with Crippen LogP contribution >= 0.6 is 11.3 Å². The Kier molecular flexibility index (Phi) is 3.09. The van der Waals surface area contributed by atoms with Gasteiger partial charge in [-0.05, 0) is 29.9 Å². The van der Waals surface area contributed by atoms with Gasteiger partial charge >= 0.3 is 6.03 Å². The highest BCUT2D eigenvalue weighted by molar-refractivity contribution is 7.12. The van der Waals surface area contributed by atoms with Crippen molar-refractivity contribution in [2.24, 2.45) is 10.9 Å². The number of nitrogens with two attached hydrogens (primary N) is 1. The van der Waals surface area contributed by atoms with E-state index in [0.29, 0.717) is 0 Å². The molecule has 0 saturated carbocycles. The molecule has 0 radical (unpaired) electrons. The molecule has 2 amide bonds. The van der Waals surface area contributed by atoms with Crippen LogP contribution in [0.3, 0.4) is 0 Å². The van der Waals surface area contributed by atoms with Crippen LogP contribution in [0.4, 0.5) is 4.79 Å². The molecule has 0 unspecified atom stereocenters. The maximum atomic E-state index is 10.9. The maximum Gasteiger partial charge on any atom is 0.312 e. The van der Waals surface area contributed by atoms with Gasteiger partial charge in [0.05, 0.1) is 16.6 Å². The number of hydrogen-bond donors (Lipinski definition) is 2. The predicted octanol–water partition coefficient (Wildman–Crippen LogP) is 1.60. The number of urea groups is 1. The number of nitrogens with one attached hydrogen (secondary N) is 1. The van der Waals surface area contributed by atoms with Gasteiger partial charge in [-0.2, -0.15) is 0 Å². The summed E-state index contributed by atoms with van der Waals surface area (Å²) in [6.45, 7) is 0. The fourth-order valence-corrected chi connectivity index (χ4v) is 2.87. The van der Waals surface area contributed by atoms with Crippen molar-refractivity contribution >= 4 is 23.1 Å². The minimum atomic E-state index is -0.491. The molecule has 1 atom stereocenters. The largest absolute Gasteiger partial charge is 0.399 e. The van der Waals surface area contributed by atoms with E-state index in [0.717, 1.165) is 29.0 Å². The molecule has 1 aromatic heterocycles. The smallest absolute Gasteiger partial charge is 0.312 e. The Hall–Kier alpha value is -1.56. The SMILES string of the molecule is CON=C1CC[C@H](NC(N)=O)c2ccsc21. The van der Waals surface area contributed by atoms with Gasteiger partial charge in [-0.25, -0.2) is 4.79 Å². The van der Waals surface area contributed by atoms with Crippen LogP contribution in [-0.4, -0.2) is 18.9 Å². The lowest BCUT2D eigenvalue weighted by Gasteiger charge is -2.23. The van der Waals surface area contributed by atoms with Crippen molar-refractivity contribution in [1.29, 1.82) is 0 Å². The third-order valence-corrected chi connectivity index (χ3v) is 3.50. The Morgan fingerprint density at radius 1 is 1.75 bits per heavy atom. The Balaban J connectivity index is 2.29. The molecule has 0 fully saturated rings. The Bertz CT molecular complexity index is 427. The number of oxime groups is 1. The Morgan fingerprint density at radius 2 is 2.56 bits per heavy atom. The van der Waals surface area contributed by atoms with Crippen LogP contribution in [-0.2, 0) is 4.84 Å². The second kappa shape index (κ2) is 4.52. The standard InChI is InChI=1S/C10H13N3O2S/c1-15-13-8-3-2-7(12-10(11)14)6-4-5-16-9(6)8/h4-5,7H,2-3H2,1H3,(H3,11,12,14)/t7-/m0/s1. The molecule has 5 nitrogen and oxygen atoms in total. The van der Waals surface area contributed by atoms with Crippen LogP contribution < -0.4 is 11.1 Å². The average Bonchev–Trinajstić information content (AvgIpc) is 2.70. The topological polar surface area (TPSA) is 76.7 Å². The van der Waals surface area contributed by atoms with E-state index in [1.54, 1.807) is 11.3 Å². The summed E-state index contributed by atoms with van der Waals surface area (Å²) in [4.78, 5) is 16.7. The van der Waals surface area contributed by atoms with Crippen LogP contribution in [0.25, 0.3) is 0 Å². The molecular weight excluding hydrogens is 226 g/mol. The lowest BCUT2D eigenvalue weighted by Crippen LogP contribution is -2.35. The van der Waals surface area contributed by atoms with Crippen LogP contribution in [0.1, 0.15) is 29.3 Å². The molecule has 1 aliphatic carbocycles. The fourth-order valence-electron chi connectivity index (χ4n) is 1.90. The van der Waals surface area contributed by atoms with E-state index in [-0.39, 0.29) is 6.04 Å². The molecular formula is C10H13N3O2S. The van der Waals surface area contributed by atoms with Crippen LogP contribution in [0.15, 0.2) is 16.6 Å². The van der Waals surface area contributed by atoms with Crippen molar-refractivity contribution in [1.82, 2.24) is 5.32 Å². The van der Waals surface area contributed by atoms with Gasteiger partial charge in [0.2, 0.25) is 0 Å². The minimum Gasteiger partial charge on any atom is -0.399 e. The number of rotatable bonds is 2. The highest BCUT2D eigenvalue weighted by Crippen LogP contribution is 2.33. The monoisotopic (exact) mass is 239 g/mol. The summed E-state index contributed by atoms with van der Waals surface area (Å²) in [5, 5.41) is 8.71. The molecule has 86 valence electrons. The van der Waals surface area contributed by atoms with Crippen molar-refractivity contribution in [3.63, 3.8) is 0 Å². The first kappa shape index (κ1) is 10.9. The van der Waals surface area contributed by atoms with E-state index < -0.39 is 6.03 Å². The van der Waals surface area contributed by atoms with E-state index >= 15 is 0 Å². The molecule has 1 aromatic rings. The molecule has 1 heterocycles. The second-order valence-electron chi connectivity index (χ2n) is 3.53. The van der Waals surface area contributed by atoms with Crippen LogP contribution in [0, 0.1) is 0 Å². The zero-order chi connectivity index (χ0) is 11.5. The molecule has 1 aliphatic rings. The van der Waals surface area contributed by atoms with Gasteiger partial charge in [0.25, 0.3) is 0 Å². The van der Waals surface area contributed by atoms with Crippen molar-refractivity contribution in [3.8, 4) is 0 Å². The Morgan fingerprint density at radius 3 is 3.25 bits per heavy atom. The van der Waals surface area contributed by atoms with Crippen molar-refractivity contribution in [2.75, 3.05) is 7.11 Å². The highest BCUT2D eigenvalue weighted by atomic mass is 32.1. The first-order chi connectivity index (χ1) is 7.72. The van der Waals surface area contributed by atoms with Gasteiger partial charge in [-0.3, -0.25) is 0 Å². The number of nitrogens with zero attached hydrogens (tertiary/aromatic N) is 1. The molecule has 0 saturated heterocycles. The summed E-state index contributed by atoms with van der Waals surface area (Å²) in [5.41, 5.74) is 7.16. The van der Waals surface area contributed by atoms with Crippen molar-refractivity contribution < 1.29 is 9.63 Å². The van der Waals surface area contributed by atoms with Crippen LogP contribution in [0.2, 0.25) is 0 Å².